The van der Waals surface area contributed by atoms with Crippen LogP contribution >= 0.6 is 0 Å². The number of hydrogen-bond donors (Lipinski definition) is 1. The molecule has 0 saturated heterocycles. The minimum atomic E-state index is -0.671. The van der Waals surface area contributed by atoms with Crippen LogP contribution in [0.1, 0.15) is 61.4 Å². The van der Waals surface area contributed by atoms with E-state index in [4.69, 9.17) is 9.84 Å². The fourth-order valence-electron chi connectivity index (χ4n) is 3.84. The number of carbonyl (C=O) groups is 1. The molecule has 0 atom stereocenters. The van der Waals surface area contributed by atoms with Crippen molar-refractivity contribution in [2.75, 3.05) is 20.7 Å². The predicted octanol–water partition coefficient (Wildman–Crippen LogP) is 7.42. The Morgan fingerprint density at radius 2 is 1.53 bits per heavy atom. The molecule has 0 amide bonds. The van der Waals surface area contributed by atoms with Crippen LogP contribution in [0, 0.1) is 5.92 Å². The molecule has 4 heteroatoms. The van der Waals surface area contributed by atoms with E-state index in [1.807, 2.05) is 13.8 Å². The van der Waals surface area contributed by atoms with Crippen LogP contribution in [0.4, 0.5) is 0 Å². The number of carboxylic acids is 1. The fourth-order valence-corrected chi connectivity index (χ4v) is 3.84. The van der Waals surface area contributed by atoms with Crippen molar-refractivity contribution in [3.63, 3.8) is 0 Å². The van der Waals surface area contributed by atoms with Gasteiger partial charge < -0.3 is 14.7 Å². The number of carboxylic acid groups (broad SMARTS) is 1. The van der Waals surface area contributed by atoms with Gasteiger partial charge in [0.25, 0.3) is 0 Å². The lowest BCUT2D eigenvalue weighted by atomic mass is 10.0. The molecular formula is C32H41NO3. The molecule has 3 aromatic rings. The zero-order valence-electron chi connectivity index (χ0n) is 22.4. The zero-order valence-corrected chi connectivity index (χ0v) is 22.4. The highest BCUT2D eigenvalue weighted by atomic mass is 16.5. The summed E-state index contributed by atoms with van der Waals surface area (Å²) in [4.78, 5) is 12.5. The maximum atomic E-state index is 10.2. The Balaban J connectivity index is 0.000000493. The molecule has 0 aliphatic rings. The summed E-state index contributed by atoms with van der Waals surface area (Å²) in [6, 6.07) is 25.7. The highest BCUT2D eigenvalue weighted by Crippen LogP contribution is 2.24. The van der Waals surface area contributed by atoms with Crippen LogP contribution in [0.5, 0.6) is 5.75 Å². The van der Waals surface area contributed by atoms with E-state index in [-0.39, 0.29) is 5.92 Å². The Hall–Kier alpha value is -3.37. The smallest absolute Gasteiger partial charge is 0.306 e. The lowest BCUT2D eigenvalue weighted by molar-refractivity contribution is -0.141. The topological polar surface area (TPSA) is 49.8 Å². The van der Waals surface area contributed by atoms with Crippen molar-refractivity contribution in [2.45, 2.75) is 46.6 Å². The molecule has 4 nitrogen and oxygen atoms in total. The third-order valence-electron chi connectivity index (χ3n) is 6.31. The van der Waals surface area contributed by atoms with Crippen molar-refractivity contribution in [3.05, 3.63) is 101 Å². The molecule has 3 rings (SSSR count). The average Bonchev–Trinajstić information content (AvgIpc) is 2.90. The highest BCUT2D eigenvalue weighted by molar-refractivity contribution is 5.73. The highest BCUT2D eigenvalue weighted by Gasteiger charge is 2.10. The van der Waals surface area contributed by atoms with E-state index in [0.29, 0.717) is 0 Å². The maximum Gasteiger partial charge on any atom is 0.306 e. The predicted molar refractivity (Wildman–Crippen MR) is 151 cm³/mol. The van der Waals surface area contributed by atoms with Crippen molar-refractivity contribution in [2.24, 2.45) is 5.92 Å². The van der Waals surface area contributed by atoms with Gasteiger partial charge in [0.15, 0.2) is 0 Å². The van der Waals surface area contributed by atoms with Crippen molar-refractivity contribution >= 4 is 18.1 Å². The first-order chi connectivity index (χ1) is 17.4. The summed E-state index contributed by atoms with van der Waals surface area (Å²) in [6.45, 7) is 8.00. The number of hydrogen-bond acceptors (Lipinski definition) is 3. The van der Waals surface area contributed by atoms with Gasteiger partial charge in [-0.15, -0.1) is 0 Å². The molecule has 0 spiro atoms. The molecule has 0 aliphatic carbocycles. The van der Waals surface area contributed by atoms with Gasteiger partial charge in [-0.3, -0.25) is 4.79 Å². The lowest BCUT2D eigenvalue weighted by Crippen LogP contribution is -2.16. The van der Waals surface area contributed by atoms with Crippen LogP contribution in [-0.4, -0.2) is 36.7 Å². The van der Waals surface area contributed by atoms with Crippen molar-refractivity contribution in [3.8, 4) is 5.75 Å². The third kappa shape index (κ3) is 9.71. The van der Waals surface area contributed by atoms with Gasteiger partial charge in [0.2, 0.25) is 0 Å². The van der Waals surface area contributed by atoms with Gasteiger partial charge in [-0.05, 0) is 67.2 Å². The summed E-state index contributed by atoms with van der Waals surface area (Å²) in [7, 11) is 3.87. The summed E-state index contributed by atoms with van der Waals surface area (Å²) in [6.07, 6.45) is 6.70. The average molecular weight is 488 g/mol. The van der Waals surface area contributed by atoms with E-state index in [1.54, 1.807) is 7.11 Å². The minimum Gasteiger partial charge on any atom is -0.496 e. The second-order valence-corrected chi connectivity index (χ2v) is 9.00. The first kappa shape index (κ1) is 28.9. The van der Waals surface area contributed by atoms with Gasteiger partial charge in [0, 0.05) is 12.1 Å². The lowest BCUT2D eigenvalue weighted by Gasteiger charge is -2.13. The van der Waals surface area contributed by atoms with Crippen molar-refractivity contribution in [1.82, 2.24) is 4.90 Å². The summed E-state index contributed by atoms with van der Waals surface area (Å²) in [5.74, 6) is 0.0965. The summed E-state index contributed by atoms with van der Waals surface area (Å²) >= 11 is 0. The normalized spacial score (nSPS) is 11.0. The van der Waals surface area contributed by atoms with E-state index in [2.05, 4.69) is 104 Å². The molecule has 3 aromatic carbocycles. The Kier molecular flexibility index (Phi) is 12.5. The molecule has 0 bridgehead atoms. The fraction of sp³-hybridized carbons (Fsp3) is 0.344. The molecule has 192 valence electrons. The molecule has 0 unspecified atom stereocenters. The molecule has 36 heavy (non-hydrogen) atoms. The molecule has 1 N–H and O–H groups in total. The SMILES string of the molecule is CCC(CC)C(=O)O.CCN(C)Cc1ccc(/C=C/c2cc(Cc3ccccc3)ccc2OC)cc1. The Morgan fingerprint density at radius 1 is 0.889 bits per heavy atom. The van der Waals surface area contributed by atoms with Crippen LogP contribution in [0.3, 0.4) is 0 Å². The van der Waals surface area contributed by atoms with E-state index in [0.717, 1.165) is 43.7 Å². The summed E-state index contributed by atoms with van der Waals surface area (Å²) < 4.78 is 5.56. The zero-order chi connectivity index (χ0) is 26.3. The van der Waals surface area contributed by atoms with Gasteiger partial charge in [0.05, 0.1) is 13.0 Å². The largest absolute Gasteiger partial charge is 0.496 e. The van der Waals surface area contributed by atoms with Gasteiger partial charge in [0.1, 0.15) is 5.75 Å². The standard InChI is InChI=1S/C26H29NO.C6H12O2/c1-4-27(2)20-23-12-10-21(11-13-23)14-16-25-19-24(15-17-26(25)28-3)18-22-8-6-5-7-9-22;1-3-5(4-2)6(7)8/h5-17,19H,4,18,20H2,1-3H3;5H,3-4H2,1-2H3,(H,7,8)/b16-14+;. The van der Waals surface area contributed by atoms with Crippen LogP contribution in [-0.2, 0) is 17.8 Å². The van der Waals surface area contributed by atoms with Crippen LogP contribution < -0.4 is 4.74 Å². The number of rotatable bonds is 11. The molecule has 0 aliphatic heterocycles. The quantitative estimate of drug-likeness (QED) is 0.286. The number of methoxy groups -OCH3 is 1. The van der Waals surface area contributed by atoms with Gasteiger partial charge in [-0.25, -0.2) is 0 Å². The Bertz CT molecular complexity index is 1070. The monoisotopic (exact) mass is 487 g/mol. The third-order valence-corrected chi connectivity index (χ3v) is 6.31. The Morgan fingerprint density at radius 3 is 2.06 bits per heavy atom. The van der Waals surface area contributed by atoms with Crippen LogP contribution in [0.2, 0.25) is 0 Å². The van der Waals surface area contributed by atoms with E-state index in [9.17, 15) is 4.79 Å². The van der Waals surface area contributed by atoms with E-state index < -0.39 is 5.97 Å². The number of benzene rings is 3. The molecule has 0 aromatic heterocycles. The first-order valence-corrected chi connectivity index (χ1v) is 12.8. The van der Waals surface area contributed by atoms with Crippen molar-refractivity contribution in [1.29, 1.82) is 0 Å². The molecule has 0 fully saturated rings. The number of nitrogens with zero attached hydrogens (tertiary/aromatic N) is 1. The van der Waals surface area contributed by atoms with Crippen LogP contribution in [0.15, 0.2) is 72.8 Å². The van der Waals surface area contributed by atoms with Gasteiger partial charge >= 0.3 is 5.97 Å². The second-order valence-electron chi connectivity index (χ2n) is 9.00. The van der Waals surface area contributed by atoms with Crippen LogP contribution in [0.25, 0.3) is 12.2 Å². The second kappa shape index (κ2) is 15.6. The number of ether oxygens (including phenoxy) is 1. The molecule has 0 radical (unpaired) electrons. The number of aliphatic carboxylic acids is 1. The van der Waals surface area contributed by atoms with Gasteiger partial charge in [-0.1, -0.05) is 93.6 Å². The summed E-state index contributed by atoms with van der Waals surface area (Å²) in [5, 5.41) is 8.37. The first-order valence-electron chi connectivity index (χ1n) is 12.8. The molecule has 0 saturated carbocycles. The van der Waals surface area contributed by atoms with E-state index >= 15 is 0 Å². The van der Waals surface area contributed by atoms with Gasteiger partial charge in [-0.2, -0.15) is 0 Å². The molecule has 0 heterocycles. The Labute approximate surface area is 217 Å². The maximum absolute atomic E-state index is 10.2. The van der Waals surface area contributed by atoms with E-state index in [1.165, 1.54) is 22.3 Å². The minimum absolute atomic E-state index is 0.130. The summed E-state index contributed by atoms with van der Waals surface area (Å²) in [5.41, 5.74) is 6.23. The van der Waals surface area contributed by atoms with Crippen molar-refractivity contribution < 1.29 is 14.6 Å². The molecular weight excluding hydrogens is 446 g/mol.